The fourth-order valence-corrected chi connectivity index (χ4v) is 4.29. The van der Waals surface area contributed by atoms with Crippen molar-refractivity contribution in [2.75, 3.05) is 6.54 Å². The van der Waals surface area contributed by atoms with Gasteiger partial charge < -0.3 is 10.4 Å². The molecule has 0 saturated heterocycles. The van der Waals surface area contributed by atoms with Crippen molar-refractivity contribution in [3.63, 3.8) is 0 Å². The van der Waals surface area contributed by atoms with E-state index >= 15 is 0 Å². The molecule has 0 spiro atoms. The lowest BCUT2D eigenvalue weighted by molar-refractivity contribution is -0.136. The molecule has 0 aliphatic heterocycles. The summed E-state index contributed by atoms with van der Waals surface area (Å²) in [7, 11) is 5.86. The number of aliphatic carboxylic acids is 1. The number of hydrogen-bond acceptors (Lipinski definition) is 4. The van der Waals surface area contributed by atoms with Crippen molar-refractivity contribution in [3.8, 4) is 11.1 Å². The minimum Gasteiger partial charge on any atom is -0.481 e. The molecule has 0 bridgehead atoms. The number of carboxylic acids is 1. The first-order valence-electron chi connectivity index (χ1n) is 12.5. The van der Waals surface area contributed by atoms with Crippen LogP contribution in [0.1, 0.15) is 55.4 Å². The second-order valence-corrected chi connectivity index (χ2v) is 9.13. The number of ketones is 2. The number of nitrogens with one attached hydrogen (secondary N) is 1. The van der Waals surface area contributed by atoms with Crippen LogP contribution in [0.5, 0.6) is 0 Å². The summed E-state index contributed by atoms with van der Waals surface area (Å²) in [5.41, 5.74) is 4.29. The Morgan fingerprint density at radius 2 is 1.36 bits per heavy atom. The lowest BCUT2D eigenvalue weighted by Crippen LogP contribution is -2.26. The maximum atomic E-state index is 13.7. The number of benzene rings is 4. The lowest BCUT2D eigenvalue weighted by Gasteiger charge is -2.17. The third-order valence-corrected chi connectivity index (χ3v) is 6.39. The van der Waals surface area contributed by atoms with Crippen molar-refractivity contribution in [2.45, 2.75) is 18.8 Å². The Morgan fingerprint density at radius 3 is 2.00 bits per heavy atom. The van der Waals surface area contributed by atoms with Crippen molar-refractivity contribution in [2.24, 2.45) is 0 Å². The van der Waals surface area contributed by atoms with Crippen molar-refractivity contribution in [1.29, 1.82) is 0 Å². The fraction of sp³-hybridized carbons (Fsp3) is 0.125. The van der Waals surface area contributed by atoms with E-state index in [1.807, 2.05) is 54.6 Å². The molecule has 7 heteroatoms. The molecule has 0 aliphatic rings. The van der Waals surface area contributed by atoms with Gasteiger partial charge in [-0.25, -0.2) is 0 Å². The molecule has 1 atom stereocenters. The molecule has 2 radical (unpaired) electrons. The van der Waals surface area contributed by atoms with Gasteiger partial charge in [-0.1, -0.05) is 96.5 Å². The summed E-state index contributed by atoms with van der Waals surface area (Å²) >= 11 is 0. The predicted octanol–water partition coefficient (Wildman–Crippen LogP) is 4.59. The van der Waals surface area contributed by atoms with E-state index in [1.165, 1.54) is 12.1 Å². The van der Waals surface area contributed by atoms with Crippen LogP contribution in [-0.2, 0) is 4.79 Å². The molecule has 0 heterocycles. The highest BCUT2D eigenvalue weighted by molar-refractivity contribution is 6.32. The number of carbonyl (C=O) groups is 4. The fourth-order valence-electron chi connectivity index (χ4n) is 4.29. The van der Waals surface area contributed by atoms with Crippen molar-refractivity contribution >= 4 is 36.8 Å². The minimum atomic E-state index is -1.01. The summed E-state index contributed by atoms with van der Waals surface area (Å²) in [5.74, 6) is -2.65. The van der Waals surface area contributed by atoms with Crippen molar-refractivity contribution < 1.29 is 24.3 Å². The van der Waals surface area contributed by atoms with Gasteiger partial charge >= 0.3 is 5.97 Å². The molecule has 4 aromatic rings. The van der Waals surface area contributed by atoms with Crippen molar-refractivity contribution in [1.82, 2.24) is 5.32 Å². The number of Topliss-reactive ketones (excluding diaryl/α,β-unsaturated/α-hetero) is 2. The summed E-state index contributed by atoms with van der Waals surface area (Å²) in [4.78, 5) is 49.9. The quantitative estimate of drug-likeness (QED) is 0.225. The van der Waals surface area contributed by atoms with E-state index in [2.05, 4.69) is 5.32 Å². The highest BCUT2D eigenvalue weighted by Gasteiger charge is 2.26. The zero-order valence-corrected chi connectivity index (χ0v) is 21.2. The summed E-state index contributed by atoms with van der Waals surface area (Å²) in [6, 6.07) is 30.2. The molecular formula is C32H26BNO5. The SMILES string of the molecule is [B]c1cccc(C(=O)CC(C(=O)c2ccc(C(=O)NCCC(=O)O)cc2)c2ccc(-c3ccccc3)cc2)c1. The molecule has 0 aliphatic carbocycles. The molecule has 4 rings (SSSR count). The highest BCUT2D eigenvalue weighted by Crippen LogP contribution is 2.29. The molecule has 6 nitrogen and oxygen atoms in total. The standard InChI is InChI=1S/C32H26BNO5/c33-27-8-4-7-26(19-27)29(35)20-28(23-11-9-22(10-12-23)21-5-2-1-3-6-21)31(38)24-13-15-25(16-14-24)32(39)34-18-17-30(36)37/h1-16,19,28H,17-18,20H2,(H,34,39)(H,36,37). The monoisotopic (exact) mass is 515 g/mol. The molecule has 192 valence electrons. The van der Waals surface area contributed by atoms with E-state index < -0.39 is 17.8 Å². The van der Waals surface area contributed by atoms with Crippen LogP contribution < -0.4 is 10.8 Å². The third kappa shape index (κ3) is 7.17. The zero-order valence-electron chi connectivity index (χ0n) is 21.2. The Labute approximate surface area is 228 Å². The van der Waals surface area contributed by atoms with Crippen LogP contribution in [0.2, 0.25) is 0 Å². The van der Waals surface area contributed by atoms with Gasteiger partial charge in [0, 0.05) is 29.7 Å². The predicted molar refractivity (Wildman–Crippen MR) is 151 cm³/mol. The van der Waals surface area contributed by atoms with Gasteiger partial charge in [0.2, 0.25) is 0 Å². The van der Waals surface area contributed by atoms with E-state index in [9.17, 15) is 19.2 Å². The smallest absolute Gasteiger partial charge is 0.305 e. The summed E-state index contributed by atoms with van der Waals surface area (Å²) < 4.78 is 0. The molecule has 39 heavy (non-hydrogen) atoms. The van der Waals surface area contributed by atoms with Crippen LogP contribution in [0.3, 0.4) is 0 Å². The van der Waals surface area contributed by atoms with E-state index in [1.54, 1.807) is 36.4 Å². The maximum absolute atomic E-state index is 13.7. The average Bonchev–Trinajstić information content (AvgIpc) is 2.96. The second-order valence-electron chi connectivity index (χ2n) is 9.13. The Hall–Kier alpha value is -4.78. The number of hydrogen-bond donors (Lipinski definition) is 2. The van der Waals surface area contributed by atoms with Gasteiger partial charge in [0.25, 0.3) is 5.91 Å². The van der Waals surface area contributed by atoms with Crippen LogP contribution in [-0.4, -0.2) is 42.9 Å². The Bertz CT molecular complexity index is 1480. The molecule has 1 amide bonds. The van der Waals surface area contributed by atoms with Crippen LogP contribution >= 0.6 is 0 Å². The van der Waals surface area contributed by atoms with E-state index in [0.29, 0.717) is 27.7 Å². The largest absolute Gasteiger partial charge is 0.481 e. The molecular weight excluding hydrogens is 489 g/mol. The summed E-state index contributed by atoms with van der Waals surface area (Å²) in [6.07, 6.45) is -0.238. The van der Waals surface area contributed by atoms with E-state index in [0.717, 1.165) is 11.1 Å². The van der Waals surface area contributed by atoms with Gasteiger partial charge in [-0.3, -0.25) is 19.2 Å². The number of carboxylic acid groups (broad SMARTS) is 1. The maximum Gasteiger partial charge on any atom is 0.305 e. The molecule has 0 aromatic heterocycles. The van der Waals surface area contributed by atoms with Gasteiger partial charge in [-0.15, -0.1) is 0 Å². The Morgan fingerprint density at radius 1 is 0.718 bits per heavy atom. The highest BCUT2D eigenvalue weighted by atomic mass is 16.4. The minimum absolute atomic E-state index is 0.00200. The number of amides is 1. The first-order valence-corrected chi connectivity index (χ1v) is 12.5. The molecule has 2 N–H and O–H groups in total. The van der Waals surface area contributed by atoms with Gasteiger partial charge in [0.05, 0.1) is 12.3 Å². The second kappa shape index (κ2) is 12.7. The third-order valence-electron chi connectivity index (χ3n) is 6.39. The van der Waals surface area contributed by atoms with Gasteiger partial charge in [-0.2, -0.15) is 0 Å². The molecule has 4 aromatic carbocycles. The Balaban J connectivity index is 1.59. The zero-order chi connectivity index (χ0) is 27.8. The van der Waals surface area contributed by atoms with E-state index in [-0.39, 0.29) is 31.0 Å². The Kier molecular flexibility index (Phi) is 8.84. The summed E-state index contributed by atoms with van der Waals surface area (Å²) in [5, 5.41) is 11.3. The van der Waals surface area contributed by atoms with E-state index in [4.69, 9.17) is 13.0 Å². The lowest BCUT2D eigenvalue weighted by atomic mass is 9.84. The van der Waals surface area contributed by atoms with Crippen molar-refractivity contribution in [3.05, 3.63) is 125 Å². The average molecular weight is 515 g/mol. The number of rotatable bonds is 11. The number of carbonyl (C=O) groups excluding carboxylic acids is 3. The molecule has 1 unspecified atom stereocenters. The van der Waals surface area contributed by atoms with Crippen LogP contribution in [0, 0.1) is 0 Å². The normalized spacial score (nSPS) is 11.4. The van der Waals surface area contributed by atoms with Crippen LogP contribution in [0.15, 0.2) is 103 Å². The van der Waals surface area contributed by atoms with Gasteiger partial charge in [0.1, 0.15) is 7.85 Å². The first-order chi connectivity index (χ1) is 18.8. The molecule has 0 fully saturated rings. The topological polar surface area (TPSA) is 101 Å². The summed E-state index contributed by atoms with van der Waals surface area (Å²) in [6.45, 7) is 0.00200. The van der Waals surface area contributed by atoms with Crippen LogP contribution in [0.4, 0.5) is 0 Å². The first kappa shape index (κ1) is 27.3. The van der Waals surface area contributed by atoms with Crippen LogP contribution in [0.25, 0.3) is 11.1 Å². The molecule has 0 saturated carbocycles. The van der Waals surface area contributed by atoms with Gasteiger partial charge in [0.15, 0.2) is 11.6 Å². The van der Waals surface area contributed by atoms with Gasteiger partial charge in [-0.05, 0) is 28.8 Å².